The Morgan fingerprint density at radius 1 is 0.850 bits per heavy atom. The molecule has 0 N–H and O–H groups in total. The van der Waals surface area contributed by atoms with Gasteiger partial charge in [-0.25, -0.2) is 0 Å². The molecule has 0 aromatic carbocycles. The second-order valence-electron chi connectivity index (χ2n) is 5.75. The zero-order chi connectivity index (χ0) is 13.7. The van der Waals surface area contributed by atoms with Crippen LogP contribution in [-0.4, -0.2) is 11.9 Å². The molecule has 1 saturated carbocycles. The molecule has 3 aliphatic carbocycles. The van der Waals surface area contributed by atoms with E-state index >= 15 is 0 Å². The van der Waals surface area contributed by atoms with Gasteiger partial charge in [-0.3, -0.25) is 9.59 Å². The van der Waals surface area contributed by atoms with Crippen molar-refractivity contribution in [3.63, 3.8) is 0 Å². The molecular formula is C17H14O3. The topological polar surface area (TPSA) is 43.4 Å². The highest BCUT2D eigenvalue weighted by Gasteiger charge is 2.47. The van der Waals surface area contributed by atoms with Gasteiger partial charge in [-0.15, -0.1) is 0 Å². The number of esters is 2. The Morgan fingerprint density at radius 2 is 1.35 bits per heavy atom. The lowest BCUT2D eigenvalue weighted by Crippen LogP contribution is -2.24. The monoisotopic (exact) mass is 266 g/mol. The van der Waals surface area contributed by atoms with Crippen LogP contribution in [0.15, 0.2) is 58.7 Å². The molecule has 0 amide bonds. The molecule has 1 saturated heterocycles. The Balaban J connectivity index is 1.79. The summed E-state index contributed by atoms with van der Waals surface area (Å²) in [5.74, 6) is -1.26. The number of carbonyl (C=O) groups excluding carboxylic acids is 2. The van der Waals surface area contributed by atoms with Gasteiger partial charge < -0.3 is 4.74 Å². The van der Waals surface area contributed by atoms with Crippen molar-refractivity contribution in [2.45, 2.75) is 19.3 Å². The normalized spacial score (nSPS) is 31.0. The largest absolute Gasteiger partial charge is 0.393 e. The van der Waals surface area contributed by atoms with Gasteiger partial charge in [0.2, 0.25) is 0 Å². The number of cyclic esters (lactones) is 2. The fourth-order valence-electron chi connectivity index (χ4n) is 3.43. The third-order valence-corrected chi connectivity index (χ3v) is 4.44. The predicted molar refractivity (Wildman–Crippen MR) is 73.4 cm³/mol. The lowest BCUT2D eigenvalue weighted by Gasteiger charge is -2.25. The molecule has 2 fully saturated rings. The Bertz CT molecular complexity index is 614. The molecule has 2 atom stereocenters. The molecule has 3 heteroatoms. The Labute approximate surface area is 117 Å². The van der Waals surface area contributed by atoms with Crippen molar-refractivity contribution in [2.24, 2.45) is 11.8 Å². The van der Waals surface area contributed by atoms with E-state index < -0.39 is 0 Å². The Morgan fingerprint density at radius 3 is 1.85 bits per heavy atom. The van der Waals surface area contributed by atoms with E-state index in [0.29, 0.717) is 12.8 Å². The van der Waals surface area contributed by atoms with Gasteiger partial charge in [-0.2, -0.15) is 0 Å². The van der Waals surface area contributed by atoms with Crippen LogP contribution < -0.4 is 0 Å². The van der Waals surface area contributed by atoms with Crippen LogP contribution in [-0.2, 0) is 14.3 Å². The van der Waals surface area contributed by atoms with Crippen LogP contribution >= 0.6 is 0 Å². The van der Waals surface area contributed by atoms with E-state index in [9.17, 15) is 9.59 Å². The van der Waals surface area contributed by atoms with Crippen molar-refractivity contribution in [2.75, 3.05) is 0 Å². The molecule has 0 radical (unpaired) electrons. The highest BCUT2D eigenvalue weighted by atomic mass is 16.6. The summed E-state index contributed by atoms with van der Waals surface area (Å²) in [6.45, 7) is 0. The second kappa shape index (κ2) is 4.17. The second-order valence-corrected chi connectivity index (χ2v) is 5.75. The van der Waals surface area contributed by atoms with Crippen LogP contribution in [0.4, 0.5) is 0 Å². The molecule has 2 bridgehead atoms. The quantitative estimate of drug-likeness (QED) is 0.500. The molecule has 3 nitrogen and oxygen atoms in total. The smallest absolute Gasteiger partial charge is 0.317 e. The molecule has 0 aromatic heterocycles. The lowest BCUT2D eigenvalue weighted by atomic mass is 9.75. The average Bonchev–Trinajstić information content (AvgIpc) is 2.64. The van der Waals surface area contributed by atoms with Crippen LogP contribution in [0.3, 0.4) is 0 Å². The average molecular weight is 266 g/mol. The number of hydrogen-bond acceptors (Lipinski definition) is 3. The van der Waals surface area contributed by atoms with E-state index in [1.54, 1.807) is 0 Å². The van der Waals surface area contributed by atoms with Crippen molar-refractivity contribution < 1.29 is 14.3 Å². The van der Waals surface area contributed by atoms with E-state index in [1.807, 2.05) is 12.2 Å². The van der Waals surface area contributed by atoms with E-state index in [4.69, 9.17) is 4.74 Å². The molecule has 4 rings (SSSR count). The first-order valence-electron chi connectivity index (χ1n) is 6.94. The summed E-state index contributed by atoms with van der Waals surface area (Å²) in [5.41, 5.74) is 4.87. The fourth-order valence-corrected chi connectivity index (χ4v) is 3.43. The molecule has 1 heterocycles. The van der Waals surface area contributed by atoms with Crippen LogP contribution in [0.5, 0.6) is 0 Å². The highest BCUT2D eigenvalue weighted by Crippen LogP contribution is 2.44. The van der Waals surface area contributed by atoms with E-state index in [2.05, 4.69) is 24.3 Å². The van der Waals surface area contributed by atoms with Gasteiger partial charge in [-0.1, -0.05) is 36.5 Å². The van der Waals surface area contributed by atoms with Gasteiger partial charge in [0.1, 0.15) is 0 Å². The minimum absolute atomic E-state index is 0.281. The van der Waals surface area contributed by atoms with Crippen molar-refractivity contribution in [1.29, 1.82) is 0 Å². The Kier molecular flexibility index (Phi) is 2.43. The number of rotatable bonds is 0. The summed E-state index contributed by atoms with van der Waals surface area (Å²) in [6, 6.07) is 0. The first-order chi connectivity index (χ1) is 9.70. The predicted octanol–water partition coefficient (Wildman–Crippen LogP) is 2.78. The minimum Gasteiger partial charge on any atom is -0.393 e. The molecule has 4 aliphatic rings. The van der Waals surface area contributed by atoms with Gasteiger partial charge in [0, 0.05) is 0 Å². The summed E-state index contributed by atoms with van der Waals surface area (Å²) in [4.78, 5) is 23.5. The summed E-state index contributed by atoms with van der Waals surface area (Å²) >= 11 is 0. The van der Waals surface area contributed by atoms with Gasteiger partial charge in [0.25, 0.3) is 0 Å². The summed E-state index contributed by atoms with van der Waals surface area (Å²) in [7, 11) is 0. The van der Waals surface area contributed by atoms with Gasteiger partial charge in [0.05, 0.1) is 11.8 Å². The highest BCUT2D eigenvalue weighted by molar-refractivity contribution is 5.97. The number of allylic oxidation sites excluding steroid dienone is 10. The van der Waals surface area contributed by atoms with Crippen molar-refractivity contribution in [1.82, 2.24) is 0 Å². The maximum absolute atomic E-state index is 11.7. The minimum atomic E-state index is -0.350. The molecule has 0 aromatic rings. The van der Waals surface area contributed by atoms with Crippen molar-refractivity contribution in [3.05, 3.63) is 58.7 Å². The van der Waals surface area contributed by atoms with Gasteiger partial charge >= 0.3 is 11.9 Å². The van der Waals surface area contributed by atoms with E-state index in [1.165, 1.54) is 22.3 Å². The third-order valence-electron chi connectivity index (χ3n) is 4.44. The van der Waals surface area contributed by atoms with Gasteiger partial charge in [-0.05, 0) is 41.6 Å². The Hall–Kier alpha value is -2.16. The molecule has 2 unspecified atom stereocenters. The number of carbonyl (C=O) groups is 2. The molecular weight excluding hydrogens is 252 g/mol. The van der Waals surface area contributed by atoms with Crippen LogP contribution in [0.25, 0.3) is 0 Å². The maximum atomic E-state index is 11.7. The molecule has 100 valence electrons. The fraction of sp³-hybridized carbons (Fsp3) is 0.294. The lowest BCUT2D eigenvalue weighted by molar-refractivity contribution is -0.153. The maximum Gasteiger partial charge on any atom is 0.317 e. The molecule has 0 spiro atoms. The zero-order valence-corrected chi connectivity index (χ0v) is 11.0. The van der Waals surface area contributed by atoms with Crippen molar-refractivity contribution in [3.8, 4) is 0 Å². The summed E-state index contributed by atoms with van der Waals surface area (Å²) < 4.78 is 4.79. The molecule has 20 heavy (non-hydrogen) atoms. The standard InChI is InChI=1S/C17H14O3/c18-16-14-8-12-6-10-3-1-2-4-11(5-10)7-13(12)9-15(14)17(19)20-16/h1-4,6-7,14-15H,5,8-9H2. The number of fused-ring (bicyclic) bond motifs is 4. The SMILES string of the molecule is O=C1OC(=O)C2CC3=CC4=CC=CC=C(C=C3CC12)C4. The first-order valence-corrected chi connectivity index (χ1v) is 6.94. The van der Waals surface area contributed by atoms with Gasteiger partial charge in [0.15, 0.2) is 0 Å². The zero-order valence-electron chi connectivity index (χ0n) is 11.0. The summed E-state index contributed by atoms with van der Waals surface area (Å²) in [5, 5.41) is 0. The number of hydrogen-bond donors (Lipinski definition) is 0. The molecule has 1 aliphatic heterocycles. The number of ether oxygens (including phenoxy) is 1. The summed E-state index contributed by atoms with van der Waals surface area (Å²) in [6.07, 6.45) is 14.8. The third kappa shape index (κ3) is 1.73. The van der Waals surface area contributed by atoms with E-state index in [0.717, 1.165) is 6.42 Å². The van der Waals surface area contributed by atoms with Crippen LogP contribution in [0.1, 0.15) is 19.3 Å². The van der Waals surface area contributed by atoms with Crippen molar-refractivity contribution >= 4 is 11.9 Å². The van der Waals surface area contributed by atoms with E-state index in [-0.39, 0.29) is 23.8 Å². The first kappa shape index (κ1) is 11.6. The van der Waals surface area contributed by atoms with Crippen LogP contribution in [0.2, 0.25) is 0 Å². The van der Waals surface area contributed by atoms with Crippen LogP contribution in [0, 0.1) is 11.8 Å².